The van der Waals surface area contributed by atoms with E-state index in [1.807, 2.05) is 13.8 Å². The van der Waals surface area contributed by atoms with E-state index < -0.39 is 0 Å². The van der Waals surface area contributed by atoms with Gasteiger partial charge in [0.25, 0.3) is 0 Å². The maximum absolute atomic E-state index is 5.36. The zero-order valence-electron chi connectivity index (χ0n) is 15.1. The van der Waals surface area contributed by atoms with Crippen molar-refractivity contribution < 1.29 is 9.26 Å². The van der Waals surface area contributed by atoms with E-state index >= 15 is 0 Å². The third-order valence-electron chi connectivity index (χ3n) is 3.47. The molecule has 0 spiro atoms. The summed E-state index contributed by atoms with van der Waals surface area (Å²) in [6.07, 6.45) is 0.877. The van der Waals surface area contributed by atoms with Crippen LogP contribution in [0.15, 0.2) is 27.7 Å². The summed E-state index contributed by atoms with van der Waals surface area (Å²) in [6.45, 7) is 7.76. The maximum Gasteiger partial charge on any atom is 0.223 e. The minimum absolute atomic E-state index is 0. The van der Waals surface area contributed by atoms with E-state index in [2.05, 4.69) is 44.0 Å². The fourth-order valence-corrected chi connectivity index (χ4v) is 2.24. The number of halogens is 1. The molecule has 2 N–H and O–H groups in total. The summed E-state index contributed by atoms with van der Waals surface area (Å²) in [7, 11) is 1.69. The minimum atomic E-state index is 0. The number of hydrogen-bond donors (Lipinski definition) is 2. The highest BCUT2D eigenvalue weighted by molar-refractivity contribution is 14.0. The van der Waals surface area contributed by atoms with Crippen LogP contribution in [0.3, 0.4) is 0 Å². The Morgan fingerprint density at radius 1 is 1.28 bits per heavy atom. The number of aliphatic imine (C=N–C) groups is 1. The van der Waals surface area contributed by atoms with Crippen LogP contribution in [0.1, 0.15) is 29.8 Å². The number of rotatable bonds is 7. The molecule has 1 aromatic carbocycles. The van der Waals surface area contributed by atoms with Gasteiger partial charge in [0, 0.05) is 20.0 Å². The summed E-state index contributed by atoms with van der Waals surface area (Å²) in [4.78, 5) is 8.60. The lowest BCUT2D eigenvalue weighted by atomic mass is 10.1. The Hall–Kier alpha value is -1.84. The number of guanidine groups is 1. The number of methoxy groups -OCH3 is 1. The Bertz CT molecular complexity index is 687. The van der Waals surface area contributed by atoms with Gasteiger partial charge in [-0.05, 0) is 37.5 Å². The zero-order valence-corrected chi connectivity index (χ0v) is 17.5. The highest BCUT2D eigenvalue weighted by Gasteiger charge is 2.04. The molecule has 8 heteroatoms. The lowest BCUT2D eigenvalue weighted by Gasteiger charge is -2.12. The number of benzene rings is 1. The van der Waals surface area contributed by atoms with Crippen LogP contribution in [-0.2, 0) is 13.0 Å². The number of ether oxygens (including phenoxy) is 1. The average molecular weight is 459 g/mol. The van der Waals surface area contributed by atoms with E-state index in [9.17, 15) is 0 Å². The highest BCUT2D eigenvalue weighted by Crippen LogP contribution is 2.18. The standard InChI is InChI=1S/C17H25N5O2.HI/c1-5-18-17(20-11-16-21-13(3)24-22-16)19-9-8-14-7-6-12(2)15(10-14)23-4;/h6-7,10H,5,8-9,11H2,1-4H3,(H2,18,19,20);1H. The van der Waals surface area contributed by atoms with Crippen molar-refractivity contribution in [1.29, 1.82) is 0 Å². The second-order valence-electron chi connectivity index (χ2n) is 5.41. The smallest absolute Gasteiger partial charge is 0.223 e. The molecule has 7 nitrogen and oxygen atoms in total. The Labute approximate surface area is 165 Å². The number of aryl methyl sites for hydroxylation is 2. The van der Waals surface area contributed by atoms with Crippen LogP contribution < -0.4 is 15.4 Å². The van der Waals surface area contributed by atoms with Gasteiger partial charge < -0.3 is 19.9 Å². The Balaban J connectivity index is 0.00000312. The summed E-state index contributed by atoms with van der Waals surface area (Å²) in [6, 6.07) is 6.26. The lowest BCUT2D eigenvalue weighted by Crippen LogP contribution is -2.38. The lowest BCUT2D eigenvalue weighted by molar-refractivity contribution is 0.387. The SMILES string of the molecule is CCNC(=NCc1noc(C)n1)NCCc1ccc(C)c(OC)c1.I. The monoisotopic (exact) mass is 459 g/mol. The number of nitrogens with zero attached hydrogens (tertiary/aromatic N) is 3. The molecular weight excluding hydrogens is 433 g/mol. The van der Waals surface area contributed by atoms with Crippen LogP contribution in [0, 0.1) is 13.8 Å². The molecule has 0 unspecified atom stereocenters. The maximum atomic E-state index is 5.36. The van der Waals surface area contributed by atoms with Gasteiger partial charge in [-0.1, -0.05) is 17.3 Å². The van der Waals surface area contributed by atoms with E-state index in [4.69, 9.17) is 9.26 Å². The molecule has 1 aromatic heterocycles. The van der Waals surface area contributed by atoms with E-state index in [0.29, 0.717) is 18.3 Å². The predicted molar refractivity (Wildman–Crippen MR) is 109 cm³/mol. The largest absolute Gasteiger partial charge is 0.496 e. The Morgan fingerprint density at radius 2 is 2.08 bits per heavy atom. The van der Waals surface area contributed by atoms with Crippen molar-refractivity contribution in [3.05, 3.63) is 41.0 Å². The van der Waals surface area contributed by atoms with Gasteiger partial charge in [0.15, 0.2) is 11.8 Å². The van der Waals surface area contributed by atoms with E-state index in [0.717, 1.165) is 36.8 Å². The highest BCUT2D eigenvalue weighted by atomic mass is 127. The zero-order chi connectivity index (χ0) is 17.4. The molecule has 2 rings (SSSR count). The molecule has 0 aliphatic carbocycles. The molecular formula is C17H26IN5O2. The summed E-state index contributed by atoms with van der Waals surface area (Å²) < 4.78 is 10.3. The van der Waals surface area contributed by atoms with E-state index in [-0.39, 0.29) is 24.0 Å². The summed E-state index contributed by atoms with van der Waals surface area (Å²) in [5, 5.41) is 10.4. The molecule has 25 heavy (non-hydrogen) atoms. The van der Waals surface area contributed by atoms with Crippen LogP contribution in [0.25, 0.3) is 0 Å². The molecule has 2 aromatic rings. The molecule has 0 fully saturated rings. The van der Waals surface area contributed by atoms with E-state index in [1.54, 1.807) is 14.0 Å². The quantitative estimate of drug-likeness (QED) is 0.376. The van der Waals surface area contributed by atoms with Crippen LogP contribution >= 0.6 is 24.0 Å². The van der Waals surface area contributed by atoms with Crippen LogP contribution in [0.2, 0.25) is 0 Å². The molecule has 0 saturated carbocycles. The van der Waals surface area contributed by atoms with Gasteiger partial charge >= 0.3 is 0 Å². The third kappa shape index (κ3) is 6.89. The van der Waals surface area contributed by atoms with Crippen molar-refractivity contribution in [1.82, 2.24) is 20.8 Å². The first-order valence-corrected chi connectivity index (χ1v) is 8.07. The molecule has 0 bridgehead atoms. The van der Waals surface area contributed by atoms with Gasteiger partial charge in [0.2, 0.25) is 5.89 Å². The fourth-order valence-electron chi connectivity index (χ4n) is 2.24. The summed E-state index contributed by atoms with van der Waals surface area (Å²) in [5.41, 5.74) is 2.36. The van der Waals surface area contributed by atoms with E-state index in [1.165, 1.54) is 5.56 Å². The van der Waals surface area contributed by atoms with Gasteiger partial charge in [0.05, 0.1) is 7.11 Å². The summed E-state index contributed by atoms with van der Waals surface area (Å²) >= 11 is 0. The first-order chi connectivity index (χ1) is 11.6. The fraction of sp³-hybridized carbons (Fsp3) is 0.471. The second kappa shape index (κ2) is 10.9. The molecule has 0 amide bonds. The molecule has 0 aliphatic heterocycles. The van der Waals surface area contributed by atoms with Gasteiger partial charge in [-0.15, -0.1) is 24.0 Å². The van der Waals surface area contributed by atoms with Gasteiger partial charge in [-0.25, -0.2) is 4.99 Å². The predicted octanol–water partition coefficient (Wildman–Crippen LogP) is 2.61. The molecule has 138 valence electrons. The third-order valence-corrected chi connectivity index (χ3v) is 3.47. The van der Waals surface area contributed by atoms with Gasteiger partial charge in [0.1, 0.15) is 12.3 Å². The van der Waals surface area contributed by atoms with Crippen LogP contribution in [0.5, 0.6) is 5.75 Å². The number of aromatic nitrogens is 2. The van der Waals surface area contributed by atoms with Crippen molar-refractivity contribution in [2.24, 2.45) is 4.99 Å². The normalized spacial score (nSPS) is 11.0. The second-order valence-corrected chi connectivity index (χ2v) is 5.41. The number of nitrogens with one attached hydrogen (secondary N) is 2. The Morgan fingerprint density at radius 3 is 2.72 bits per heavy atom. The minimum Gasteiger partial charge on any atom is -0.496 e. The Kier molecular flexibility index (Phi) is 9.25. The molecule has 0 atom stereocenters. The van der Waals surface area contributed by atoms with Gasteiger partial charge in [-0.3, -0.25) is 0 Å². The van der Waals surface area contributed by atoms with Crippen molar-refractivity contribution in [2.75, 3.05) is 20.2 Å². The first kappa shape index (κ1) is 21.2. The average Bonchev–Trinajstić information content (AvgIpc) is 2.99. The molecule has 1 heterocycles. The van der Waals surface area contributed by atoms with Crippen molar-refractivity contribution in [2.45, 2.75) is 33.7 Å². The molecule has 0 radical (unpaired) electrons. The van der Waals surface area contributed by atoms with Crippen LogP contribution in [-0.4, -0.2) is 36.3 Å². The van der Waals surface area contributed by atoms with Gasteiger partial charge in [-0.2, -0.15) is 4.98 Å². The van der Waals surface area contributed by atoms with Crippen molar-refractivity contribution in [3.63, 3.8) is 0 Å². The van der Waals surface area contributed by atoms with Crippen molar-refractivity contribution in [3.8, 4) is 5.75 Å². The summed E-state index contributed by atoms with van der Waals surface area (Å²) in [5.74, 6) is 2.78. The first-order valence-electron chi connectivity index (χ1n) is 8.07. The van der Waals surface area contributed by atoms with Crippen LogP contribution in [0.4, 0.5) is 0 Å². The number of hydrogen-bond acceptors (Lipinski definition) is 5. The molecule has 0 saturated heterocycles. The topological polar surface area (TPSA) is 84.6 Å². The van der Waals surface area contributed by atoms with Crippen molar-refractivity contribution >= 4 is 29.9 Å². The molecule has 0 aliphatic rings.